The molecule has 0 aliphatic heterocycles. The Morgan fingerprint density at radius 1 is 0.968 bits per heavy atom. The molecule has 2 aromatic carbocycles. The predicted octanol–water partition coefficient (Wildman–Crippen LogP) is 5.26. The number of hydrogen-bond donors (Lipinski definition) is 1. The molecule has 0 aromatic heterocycles. The summed E-state index contributed by atoms with van der Waals surface area (Å²) in [5.41, 5.74) is 4.65. The number of aryl methyl sites for hydroxylation is 2. The first-order valence-corrected chi connectivity index (χ1v) is 12.3. The average Bonchev–Trinajstić information content (AvgIpc) is 2.74. The van der Waals surface area contributed by atoms with E-state index in [9.17, 15) is 9.59 Å². The van der Waals surface area contributed by atoms with Gasteiger partial charge in [-0.15, -0.1) is 11.8 Å². The Labute approximate surface area is 191 Å². The van der Waals surface area contributed by atoms with Gasteiger partial charge in [0.05, 0.1) is 5.75 Å². The van der Waals surface area contributed by atoms with E-state index < -0.39 is 6.04 Å². The Hall–Kier alpha value is -2.27. The molecule has 2 amide bonds. The molecule has 0 spiro atoms. The summed E-state index contributed by atoms with van der Waals surface area (Å²) in [5, 5.41) is 3.06. The molecule has 0 heterocycles. The fraction of sp³-hybridized carbons (Fsp3) is 0.462. The zero-order valence-corrected chi connectivity index (χ0v) is 20.3. The summed E-state index contributed by atoms with van der Waals surface area (Å²) >= 11 is 1.60. The van der Waals surface area contributed by atoms with Gasteiger partial charge in [-0.3, -0.25) is 9.59 Å². The van der Waals surface area contributed by atoms with Crippen molar-refractivity contribution in [3.05, 3.63) is 70.8 Å². The van der Waals surface area contributed by atoms with Crippen molar-refractivity contribution in [1.29, 1.82) is 0 Å². The van der Waals surface area contributed by atoms with Crippen molar-refractivity contribution in [1.82, 2.24) is 10.2 Å². The SMILES string of the molecule is CC[C@@H](C)NC(=O)[C@@H](CC)N(Cc1ccc(C)cc1)C(=O)CSCc1cccc(C)c1. The average molecular weight is 441 g/mol. The third-order valence-electron chi connectivity index (χ3n) is 5.44. The molecule has 0 saturated carbocycles. The van der Waals surface area contributed by atoms with E-state index in [0.717, 1.165) is 17.7 Å². The fourth-order valence-electron chi connectivity index (χ4n) is 3.39. The number of carbonyl (C=O) groups is 2. The molecule has 0 aliphatic rings. The van der Waals surface area contributed by atoms with Gasteiger partial charge in [-0.2, -0.15) is 0 Å². The molecule has 2 atom stereocenters. The number of nitrogens with one attached hydrogen (secondary N) is 1. The third-order valence-corrected chi connectivity index (χ3v) is 6.43. The highest BCUT2D eigenvalue weighted by atomic mass is 32.2. The van der Waals surface area contributed by atoms with E-state index >= 15 is 0 Å². The van der Waals surface area contributed by atoms with Crippen LogP contribution in [0.4, 0.5) is 0 Å². The molecular formula is C26H36N2O2S. The van der Waals surface area contributed by atoms with Crippen LogP contribution < -0.4 is 5.32 Å². The minimum Gasteiger partial charge on any atom is -0.352 e. The molecule has 2 rings (SSSR count). The van der Waals surface area contributed by atoms with Gasteiger partial charge < -0.3 is 10.2 Å². The molecule has 0 unspecified atom stereocenters. The Kier molecular flexibility index (Phi) is 10.1. The van der Waals surface area contributed by atoms with E-state index in [4.69, 9.17) is 0 Å². The van der Waals surface area contributed by atoms with Crippen LogP contribution in [-0.4, -0.2) is 34.6 Å². The molecule has 0 bridgehead atoms. The van der Waals surface area contributed by atoms with Crippen molar-refractivity contribution in [2.75, 3.05) is 5.75 Å². The van der Waals surface area contributed by atoms with Gasteiger partial charge in [0.15, 0.2) is 0 Å². The Morgan fingerprint density at radius 2 is 1.68 bits per heavy atom. The highest BCUT2D eigenvalue weighted by Gasteiger charge is 2.29. The van der Waals surface area contributed by atoms with Crippen LogP contribution in [0.15, 0.2) is 48.5 Å². The van der Waals surface area contributed by atoms with Crippen LogP contribution in [0.25, 0.3) is 0 Å². The Balaban J connectivity index is 2.13. The smallest absolute Gasteiger partial charge is 0.243 e. The Bertz CT molecular complexity index is 851. The molecule has 0 saturated heterocycles. The van der Waals surface area contributed by atoms with Gasteiger partial charge in [-0.05, 0) is 44.7 Å². The number of thioether (sulfide) groups is 1. The topological polar surface area (TPSA) is 49.4 Å². The molecule has 0 fully saturated rings. The number of benzene rings is 2. The second-order valence-corrected chi connectivity index (χ2v) is 9.22. The third kappa shape index (κ3) is 8.06. The summed E-state index contributed by atoms with van der Waals surface area (Å²) in [5.74, 6) is 1.07. The van der Waals surface area contributed by atoms with Crippen molar-refractivity contribution >= 4 is 23.6 Å². The molecule has 4 nitrogen and oxygen atoms in total. The van der Waals surface area contributed by atoms with Gasteiger partial charge in [0.2, 0.25) is 11.8 Å². The quantitative estimate of drug-likeness (QED) is 0.519. The maximum absolute atomic E-state index is 13.3. The van der Waals surface area contributed by atoms with Crippen molar-refractivity contribution in [3.63, 3.8) is 0 Å². The first-order valence-electron chi connectivity index (χ1n) is 11.1. The molecule has 5 heteroatoms. The maximum atomic E-state index is 13.3. The van der Waals surface area contributed by atoms with Gasteiger partial charge >= 0.3 is 0 Å². The summed E-state index contributed by atoms with van der Waals surface area (Å²) < 4.78 is 0. The van der Waals surface area contributed by atoms with Gasteiger partial charge in [-0.25, -0.2) is 0 Å². The second kappa shape index (κ2) is 12.6. The van der Waals surface area contributed by atoms with Crippen LogP contribution in [0.5, 0.6) is 0 Å². The van der Waals surface area contributed by atoms with Crippen molar-refractivity contribution in [3.8, 4) is 0 Å². The summed E-state index contributed by atoms with van der Waals surface area (Å²) in [6, 6.07) is 16.1. The van der Waals surface area contributed by atoms with E-state index in [1.165, 1.54) is 16.7 Å². The fourth-order valence-corrected chi connectivity index (χ4v) is 4.25. The zero-order valence-electron chi connectivity index (χ0n) is 19.5. The Morgan fingerprint density at radius 3 is 2.29 bits per heavy atom. The van der Waals surface area contributed by atoms with Crippen LogP contribution in [0.2, 0.25) is 0 Å². The number of rotatable bonds is 11. The summed E-state index contributed by atoms with van der Waals surface area (Å²) in [6.45, 7) is 10.6. The van der Waals surface area contributed by atoms with E-state index in [1.807, 2.05) is 58.0 Å². The first kappa shape index (κ1) is 25.0. The van der Waals surface area contributed by atoms with Crippen molar-refractivity contribution in [2.24, 2.45) is 0 Å². The van der Waals surface area contributed by atoms with E-state index in [0.29, 0.717) is 18.7 Å². The van der Waals surface area contributed by atoms with Crippen LogP contribution >= 0.6 is 11.8 Å². The number of amides is 2. The van der Waals surface area contributed by atoms with Crippen LogP contribution in [-0.2, 0) is 21.9 Å². The number of carbonyl (C=O) groups excluding carboxylic acids is 2. The standard InChI is InChI=1S/C26H36N2O2S/c1-6-21(5)27-26(30)24(7-2)28(16-22-13-11-19(3)12-14-22)25(29)18-31-17-23-10-8-9-20(4)15-23/h8-15,21,24H,6-7,16-18H2,1-5H3,(H,27,30)/t21-,24-/m1/s1. The van der Waals surface area contributed by atoms with E-state index in [1.54, 1.807) is 16.7 Å². The second-order valence-electron chi connectivity index (χ2n) is 8.23. The molecule has 1 N–H and O–H groups in total. The molecule has 168 valence electrons. The number of hydrogen-bond acceptors (Lipinski definition) is 3. The summed E-state index contributed by atoms with van der Waals surface area (Å²) in [6.07, 6.45) is 1.45. The van der Waals surface area contributed by atoms with E-state index in [2.05, 4.69) is 30.4 Å². The lowest BCUT2D eigenvalue weighted by Crippen LogP contribution is -2.51. The van der Waals surface area contributed by atoms with Crippen molar-refractivity contribution in [2.45, 2.75) is 71.8 Å². The van der Waals surface area contributed by atoms with Gasteiger partial charge in [0.25, 0.3) is 0 Å². The lowest BCUT2D eigenvalue weighted by Gasteiger charge is -2.31. The van der Waals surface area contributed by atoms with E-state index in [-0.39, 0.29) is 17.9 Å². The van der Waals surface area contributed by atoms with Gasteiger partial charge in [-0.1, -0.05) is 73.5 Å². The lowest BCUT2D eigenvalue weighted by molar-refractivity contribution is -0.139. The lowest BCUT2D eigenvalue weighted by atomic mass is 10.1. The van der Waals surface area contributed by atoms with Crippen LogP contribution in [0, 0.1) is 13.8 Å². The highest BCUT2D eigenvalue weighted by Crippen LogP contribution is 2.18. The van der Waals surface area contributed by atoms with Crippen molar-refractivity contribution < 1.29 is 9.59 Å². The normalized spacial score (nSPS) is 12.8. The largest absolute Gasteiger partial charge is 0.352 e. The maximum Gasteiger partial charge on any atom is 0.243 e. The molecule has 31 heavy (non-hydrogen) atoms. The first-order chi connectivity index (χ1) is 14.8. The minimum atomic E-state index is -0.470. The molecule has 0 radical (unpaired) electrons. The highest BCUT2D eigenvalue weighted by molar-refractivity contribution is 7.99. The molecule has 0 aliphatic carbocycles. The van der Waals surface area contributed by atoms with Crippen LogP contribution in [0.3, 0.4) is 0 Å². The summed E-state index contributed by atoms with van der Waals surface area (Å²) in [4.78, 5) is 28.0. The monoisotopic (exact) mass is 440 g/mol. The summed E-state index contributed by atoms with van der Waals surface area (Å²) in [7, 11) is 0. The van der Waals surface area contributed by atoms with Gasteiger partial charge in [0, 0.05) is 18.3 Å². The van der Waals surface area contributed by atoms with Gasteiger partial charge in [0.1, 0.15) is 6.04 Å². The molecule has 2 aromatic rings. The minimum absolute atomic E-state index is 0.00406. The zero-order chi connectivity index (χ0) is 22.8. The molecular weight excluding hydrogens is 404 g/mol. The number of nitrogens with zero attached hydrogens (tertiary/aromatic N) is 1. The predicted molar refractivity (Wildman–Crippen MR) is 131 cm³/mol. The van der Waals surface area contributed by atoms with Crippen LogP contribution in [0.1, 0.15) is 55.9 Å².